The average Bonchev–Trinajstić information content (AvgIpc) is 2.53. The highest BCUT2D eigenvalue weighted by atomic mass is 19.3. The third-order valence-electron chi connectivity index (χ3n) is 4.35. The van der Waals surface area contributed by atoms with Crippen LogP contribution in [-0.2, 0) is 12.8 Å². The third kappa shape index (κ3) is 4.91. The van der Waals surface area contributed by atoms with Crippen LogP contribution in [0.4, 0.5) is 13.6 Å². The summed E-state index contributed by atoms with van der Waals surface area (Å²) in [5.41, 5.74) is 3.78. The molecule has 1 atom stereocenters. The van der Waals surface area contributed by atoms with Crippen LogP contribution < -0.4 is 5.32 Å². The lowest BCUT2D eigenvalue weighted by molar-refractivity contribution is 0.0975. The second kappa shape index (κ2) is 8.27. The lowest BCUT2D eigenvalue weighted by Crippen LogP contribution is -2.43. The van der Waals surface area contributed by atoms with E-state index in [2.05, 4.69) is 17.4 Å². The number of rotatable bonds is 6. The van der Waals surface area contributed by atoms with E-state index in [0.29, 0.717) is 13.0 Å². The molecule has 0 spiro atoms. The number of urea groups is 1. The van der Waals surface area contributed by atoms with Gasteiger partial charge in [0.1, 0.15) is 0 Å². The molecule has 0 saturated heterocycles. The molecule has 23 heavy (non-hydrogen) atoms. The van der Waals surface area contributed by atoms with E-state index in [1.807, 2.05) is 19.9 Å². The molecule has 2 rings (SSSR count). The zero-order chi connectivity index (χ0) is 16.8. The van der Waals surface area contributed by atoms with E-state index in [-0.39, 0.29) is 6.04 Å². The highest BCUT2D eigenvalue weighted by Crippen LogP contribution is 2.24. The monoisotopic (exact) mass is 324 g/mol. The number of amides is 2. The summed E-state index contributed by atoms with van der Waals surface area (Å²) in [6.45, 7) is 3.59. The minimum absolute atomic E-state index is 0.188. The van der Waals surface area contributed by atoms with Crippen LogP contribution >= 0.6 is 0 Å². The molecule has 1 aliphatic carbocycles. The number of benzene rings is 1. The molecule has 5 heteroatoms. The normalized spacial score (nSPS) is 15.2. The molecule has 0 radical (unpaired) electrons. The van der Waals surface area contributed by atoms with Crippen molar-refractivity contribution in [1.82, 2.24) is 10.2 Å². The number of hydrogen-bond donors (Lipinski definition) is 1. The molecular formula is C18H26F2N2O. The number of nitrogens with zero attached hydrogens (tertiary/aromatic N) is 1. The molecule has 0 aromatic heterocycles. The predicted octanol–water partition coefficient (Wildman–Crippen LogP) is 4.31. The Morgan fingerprint density at radius 1 is 1.26 bits per heavy atom. The predicted molar refractivity (Wildman–Crippen MR) is 87.9 cm³/mol. The smallest absolute Gasteiger partial charge is 0.318 e. The Morgan fingerprint density at radius 3 is 2.61 bits per heavy atom. The van der Waals surface area contributed by atoms with Crippen LogP contribution in [0.1, 0.15) is 55.8 Å². The number of alkyl halides is 2. The first-order valence-corrected chi connectivity index (χ1v) is 8.46. The quantitative estimate of drug-likeness (QED) is 0.831. The first kappa shape index (κ1) is 17.7. The molecular weight excluding hydrogens is 298 g/mol. The maximum Gasteiger partial charge on any atom is 0.318 e. The average molecular weight is 324 g/mol. The van der Waals surface area contributed by atoms with Crippen LogP contribution in [0.15, 0.2) is 18.2 Å². The molecule has 1 aromatic rings. The lowest BCUT2D eigenvalue weighted by Gasteiger charge is -2.25. The Morgan fingerprint density at radius 2 is 1.96 bits per heavy atom. The van der Waals surface area contributed by atoms with Crippen LogP contribution in [0.3, 0.4) is 0 Å². The van der Waals surface area contributed by atoms with Crippen molar-refractivity contribution in [1.29, 1.82) is 0 Å². The summed E-state index contributed by atoms with van der Waals surface area (Å²) in [7, 11) is 0. The van der Waals surface area contributed by atoms with E-state index < -0.39 is 19.0 Å². The molecule has 128 valence electrons. The molecule has 0 aliphatic heterocycles. The maximum absolute atomic E-state index is 12.6. The molecule has 3 nitrogen and oxygen atoms in total. The first-order valence-electron chi connectivity index (χ1n) is 8.46. The zero-order valence-corrected chi connectivity index (χ0v) is 13.9. The molecule has 0 fully saturated rings. The minimum Gasteiger partial charge on any atom is -0.331 e. The van der Waals surface area contributed by atoms with Crippen molar-refractivity contribution in [3.05, 3.63) is 34.9 Å². The molecule has 0 saturated carbocycles. The van der Waals surface area contributed by atoms with Crippen molar-refractivity contribution >= 4 is 6.03 Å². The van der Waals surface area contributed by atoms with Gasteiger partial charge in [-0.05, 0) is 55.7 Å². The first-order chi connectivity index (χ1) is 11.0. The summed E-state index contributed by atoms with van der Waals surface area (Å²) in [5, 5.41) is 2.85. The Labute approximate surface area is 137 Å². The van der Waals surface area contributed by atoms with E-state index in [0.717, 1.165) is 18.4 Å². The van der Waals surface area contributed by atoms with Gasteiger partial charge in [-0.15, -0.1) is 0 Å². The van der Waals surface area contributed by atoms with E-state index in [9.17, 15) is 13.6 Å². The summed E-state index contributed by atoms with van der Waals surface area (Å²) in [4.78, 5) is 13.4. The second-order valence-corrected chi connectivity index (χ2v) is 6.24. The highest BCUT2D eigenvalue weighted by Gasteiger charge is 2.20. The maximum atomic E-state index is 12.6. The fraction of sp³-hybridized carbons (Fsp3) is 0.611. The molecule has 0 bridgehead atoms. The fourth-order valence-electron chi connectivity index (χ4n) is 3.09. The number of carbonyl (C=O) groups is 1. The van der Waals surface area contributed by atoms with Gasteiger partial charge in [0.25, 0.3) is 6.43 Å². The number of halogens is 2. The summed E-state index contributed by atoms with van der Waals surface area (Å²) in [5.74, 6) is 0. The molecule has 1 unspecified atom stereocenters. The van der Waals surface area contributed by atoms with Gasteiger partial charge in [0, 0.05) is 6.54 Å². The van der Waals surface area contributed by atoms with Gasteiger partial charge in [0.05, 0.1) is 12.6 Å². The summed E-state index contributed by atoms with van der Waals surface area (Å²) in [6, 6.07) is 5.71. The third-order valence-corrected chi connectivity index (χ3v) is 4.35. The van der Waals surface area contributed by atoms with Gasteiger partial charge in [-0.25, -0.2) is 13.6 Å². The highest BCUT2D eigenvalue weighted by molar-refractivity contribution is 5.74. The van der Waals surface area contributed by atoms with Gasteiger partial charge < -0.3 is 10.2 Å². The number of hydrogen-bond acceptors (Lipinski definition) is 1. The second-order valence-electron chi connectivity index (χ2n) is 6.24. The van der Waals surface area contributed by atoms with Crippen molar-refractivity contribution in [2.75, 3.05) is 13.1 Å². The topological polar surface area (TPSA) is 32.3 Å². The van der Waals surface area contributed by atoms with Crippen molar-refractivity contribution in [2.45, 2.75) is 58.4 Å². The summed E-state index contributed by atoms with van der Waals surface area (Å²) in [6.07, 6.45) is 2.79. The van der Waals surface area contributed by atoms with Gasteiger partial charge in [-0.1, -0.05) is 25.1 Å². The molecule has 1 aromatic carbocycles. The molecule has 2 amide bonds. The Hall–Kier alpha value is -1.65. The molecule has 1 N–H and O–H groups in total. The Kier molecular flexibility index (Phi) is 6.37. The Bertz CT molecular complexity index is 534. The van der Waals surface area contributed by atoms with Crippen LogP contribution in [-0.4, -0.2) is 30.4 Å². The van der Waals surface area contributed by atoms with Crippen LogP contribution in [0.5, 0.6) is 0 Å². The Balaban J connectivity index is 2.02. The number of fused-ring (bicyclic) bond motifs is 1. The molecule has 1 aliphatic rings. The van der Waals surface area contributed by atoms with E-state index in [1.54, 1.807) is 0 Å². The SMILES string of the molecule is CCCN(CC(F)F)C(=O)NC(C)c1ccc2c(c1)CCCC2. The van der Waals surface area contributed by atoms with Crippen molar-refractivity contribution in [3.63, 3.8) is 0 Å². The standard InChI is InChI=1S/C18H26F2N2O/c1-3-10-22(12-17(19)20)18(23)21-13(2)15-9-8-14-6-4-5-7-16(14)11-15/h8-9,11,13,17H,3-7,10,12H2,1-2H3,(H,21,23). The summed E-state index contributed by atoms with van der Waals surface area (Å²) >= 11 is 0. The van der Waals surface area contributed by atoms with Crippen LogP contribution in [0.2, 0.25) is 0 Å². The van der Waals surface area contributed by atoms with Gasteiger partial charge in [0.2, 0.25) is 0 Å². The van der Waals surface area contributed by atoms with Gasteiger partial charge in [0.15, 0.2) is 0 Å². The van der Waals surface area contributed by atoms with E-state index >= 15 is 0 Å². The van der Waals surface area contributed by atoms with E-state index in [4.69, 9.17) is 0 Å². The summed E-state index contributed by atoms with van der Waals surface area (Å²) < 4.78 is 25.2. The number of nitrogens with one attached hydrogen (secondary N) is 1. The zero-order valence-electron chi connectivity index (χ0n) is 13.9. The van der Waals surface area contributed by atoms with Crippen LogP contribution in [0.25, 0.3) is 0 Å². The van der Waals surface area contributed by atoms with Crippen LogP contribution in [0, 0.1) is 0 Å². The van der Waals surface area contributed by atoms with Crippen molar-refractivity contribution in [2.24, 2.45) is 0 Å². The van der Waals surface area contributed by atoms with Crippen molar-refractivity contribution in [3.8, 4) is 0 Å². The fourth-order valence-corrected chi connectivity index (χ4v) is 3.09. The van der Waals surface area contributed by atoms with Gasteiger partial charge >= 0.3 is 6.03 Å². The minimum atomic E-state index is -2.51. The number of carbonyl (C=O) groups excluding carboxylic acids is 1. The van der Waals surface area contributed by atoms with E-state index in [1.165, 1.54) is 28.9 Å². The number of aryl methyl sites for hydroxylation is 2. The lowest BCUT2D eigenvalue weighted by atomic mass is 9.89. The van der Waals surface area contributed by atoms with Crippen molar-refractivity contribution < 1.29 is 13.6 Å². The molecule has 0 heterocycles. The van der Waals surface area contributed by atoms with Gasteiger partial charge in [-0.3, -0.25) is 0 Å². The largest absolute Gasteiger partial charge is 0.331 e. The van der Waals surface area contributed by atoms with Gasteiger partial charge in [-0.2, -0.15) is 0 Å².